The van der Waals surface area contributed by atoms with Crippen LogP contribution in [0.2, 0.25) is 0 Å². The van der Waals surface area contributed by atoms with Crippen molar-refractivity contribution in [3.63, 3.8) is 0 Å². The smallest absolute Gasteiger partial charge is 0.411 e. The Labute approximate surface area is 172 Å². The molecule has 2 amide bonds. The minimum Gasteiger partial charge on any atom is -0.450 e. The van der Waals surface area contributed by atoms with Gasteiger partial charge in [-0.1, -0.05) is 38.1 Å². The van der Waals surface area contributed by atoms with Crippen LogP contribution in [0.25, 0.3) is 0 Å². The Balaban J connectivity index is 2.05. The molecule has 0 bridgehead atoms. The first kappa shape index (κ1) is 20.9. The average molecular weight is 396 g/mol. The van der Waals surface area contributed by atoms with E-state index in [9.17, 15) is 9.59 Å². The van der Waals surface area contributed by atoms with Crippen LogP contribution in [-0.4, -0.2) is 30.7 Å². The third-order valence-corrected chi connectivity index (χ3v) is 4.92. The molecule has 29 heavy (non-hydrogen) atoms. The van der Waals surface area contributed by atoms with Gasteiger partial charge in [0.25, 0.3) is 0 Å². The molecule has 0 saturated heterocycles. The summed E-state index contributed by atoms with van der Waals surface area (Å²) in [4.78, 5) is 27.2. The van der Waals surface area contributed by atoms with Gasteiger partial charge < -0.3 is 10.1 Å². The number of benzene rings is 2. The third kappa shape index (κ3) is 4.77. The van der Waals surface area contributed by atoms with E-state index in [1.54, 1.807) is 11.8 Å². The number of carbonyl (C=O) groups excluding carboxylic acids is 2. The number of anilines is 3. The van der Waals surface area contributed by atoms with E-state index in [0.717, 1.165) is 35.3 Å². The molecule has 0 fully saturated rings. The van der Waals surface area contributed by atoms with E-state index in [0.29, 0.717) is 12.3 Å². The number of nitrogens with zero attached hydrogens (tertiary/aromatic N) is 1. The number of rotatable bonds is 5. The second-order valence-corrected chi connectivity index (χ2v) is 7.53. The van der Waals surface area contributed by atoms with Crippen molar-refractivity contribution in [3.05, 3.63) is 53.6 Å². The van der Waals surface area contributed by atoms with E-state index >= 15 is 0 Å². The summed E-state index contributed by atoms with van der Waals surface area (Å²) < 4.78 is 4.99. The molecule has 2 aromatic rings. The van der Waals surface area contributed by atoms with E-state index in [1.807, 2.05) is 57.2 Å². The number of hydrogen-bond acceptors (Lipinski definition) is 4. The zero-order chi connectivity index (χ0) is 21.0. The zero-order valence-electron chi connectivity index (χ0n) is 17.5. The molecule has 1 unspecified atom stereocenters. The number of fused-ring (bicyclic) bond motifs is 2. The standard InChI is InChI=1S/C23H29N3O3/c1-5-29-23(28)25-19-13-12-18-11-10-17-8-6-7-9-20(17)26(21(18)14-19)22(27)16(4)24-15(2)3/h6-9,12-16,24H,5,10-11H2,1-4H3,(H,25,28). The minimum atomic E-state index is -0.505. The normalized spacial score (nSPS) is 13.9. The van der Waals surface area contributed by atoms with Gasteiger partial charge in [0.05, 0.1) is 24.0 Å². The Morgan fingerprint density at radius 3 is 2.41 bits per heavy atom. The quantitative estimate of drug-likeness (QED) is 0.787. The highest BCUT2D eigenvalue weighted by Crippen LogP contribution is 2.38. The summed E-state index contributed by atoms with van der Waals surface area (Å²) >= 11 is 0. The number of hydrogen-bond donors (Lipinski definition) is 2. The average Bonchev–Trinajstić information content (AvgIpc) is 2.83. The molecule has 3 rings (SSSR count). The molecular weight excluding hydrogens is 366 g/mol. The number of para-hydroxylation sites is 1. The Morgan fingerprint density at radius 1 is 1.03 bits per heavy atom. The van der Waals surface area contributed by atoms with Crippen LogP contribution in [0.3, 0.4) is 0 Å². The van der Waals surface area contributed by atoms with Crippen molar-refractivity contribution in [2.45, 2.75) is 52.6 Å². The van der Waals surface area contributed by atoms with Gasteiger partial charge >= 0.3 is 6.09 Å². The molecule has 0 aromatic heterocycles. The molecule has 1 aliphatic rings. The maximum atomic E-state index is 13.5. The fourth-order valence-corrected chi connectivity index (χ4v) is 3.69. The first-order valence-electron chi connectivity index (χ1n) is 10.1. The second-order valence-electron chi connectivity index (χ2n) is 7.53. The van der Waals surface area contributed by atoms with Crippen molar-refractivity contribution >= 4 is 29.1 Å². The summed E-state index contributed by atoms with van der Waals surface area (Å²) in [5.74, 6) is -0.0254. The van der Waals surface area contributed by atoms with Crippen LogP contribution < -0.4 is 15.5 Å². The summed E-state index contributed by atoms with van der Waals surface area (Å²) in [7, 11) is 0. The lowest BCUT2D eigenvalue weighted by Crippen LogP contribution is -2.45. The Kier molecular flexibility index (Phi) is 6.54. The minimum absolute atomic E-state index is 0.0254. The molecule has 0 saturated carbocycles. The van der Waals surface area contributed by atoms with Crippen molar-refractivity contribution in [2.24, 2.45) is 0 Å². The van der Waals surface area contributed by atoms with Crippen LogP contribution in [0.4, 0.5) is 21.9 Å². The summed E-state index contributed by atoms with van der Waals surface area (Å²) in [6.45, 7) is 7.99. The lowest BCUT2D eigenvalue weighted by Gasteiger charge is -2.29. The maximum absolute atomic E-state index is 13.5. The van der Waals surface area contributed by atoms with Crippen molar-refractivity contribution < 1.29 is 14.3 Å². The number of nitrogens with one attached hydrogen (secondary N) is 2. The molecule has 1 atom stereocenters. The fraction of sp³-hybridized carbons (Fsp3) is 0.391. The van der Waals surface area contributed by atoms with Gasteiger partial charge in [0.1, 0.15) is 0 Å². The van der Waals surface area contributed by atoms with Gasteiger partial charge in [-0.25, -0.2) is 4.79 Å². The first-order chi connectivity index (χ1) is 13.9. The van der Waals surface area contributed by atoms with Gasteiger partial charge in [0.15, 0.2) is 0 Å². The molecule has 0 spiro atoms. The van der Waals surface area contributed by atoms with Crippen LogP contribution in [0.15, 0.2) is 42.5 Å². The summed E-state index contributed by atoms with van der Waals surface area (Å²) in [5.41, 5.74) is 4.49. The monoisotopic (exact) mass is 395 g/mol. The molecule has 2 N–H and O–H groups in total. The Bertz CT molecular complexity index is 895. The molecule has 6 heteroatoms. The molecular formula is C23H29N3O3. The topological polar surface area (TPSA) is 70.7 Å². The van der Waals surface area contributed by atoms with Crippen LogP contribution in [-0.2, 0) is 22.4 Å². The van der Waals surface area contributed by atoms with Gasteiger partial charge in [-0.3, -0.25) is 15.0 Å². The third-order valence-electron chi connectivity index (χ3n) is 4.92. The summed E-state index contributed by atoms with van der Waals surface area (Å²) in [6.07, 6.45) is 1.17. The highest BCUT2D eigenvalue weighted by atomic mass is 16.5. The molecule has 1 aliphatic heterocycles. The van der Waals surface area contributed by atoms with E-state index in [2.05, 4.69) is 16.7 Å². The van der Waals surface area contributed by atoms with Crippen molar-refractivity contribution in [2.75, 3.05) is 16.8 Å². The van der Waals surface area contributed by atoms with Gasteiger partial charge in [-0.15, -0.1) is 0 Å². The summed E-state index contributed by atoms with van der Waals surface area (Å²) in [6, 6.07) is 13.5. The molecule has 0 radical (unpaired) electrons. The Morgan fingerprint density at radius 2 is 1.72 bits per heavy atom. The van der Waals surface area contributed by atoms with Crippen LogP contribution in [0.1, 0.15) is 38.8 Å². The van der Waals surface area contributed by atoms with Crippen LogP contribution in [0, 0.1) is 0 Å². The number of amides is 2. The predicted octanol–water partition coefficient (Wildman–Crippen LogP) is 4.40. The van der Waals surface area contributed by atoms with Gasteiger partial charge in [-0.05, 0) is 56.0 Å². The number of ether oxygens (including phenoxy) is 1. The van der Waals surface area contributed by atoms with Crippen molar-refractivity contribution in [3.8, 4) is 0 Å². The number of aryl methyl sites for hydroxylation is 2. The largest absolute Gasteiger partial charge is 0.450 e. The Hall–Kier alpha value is -2.86. The van der Waals surface area contributed by atoms with E-state index < -0.39 is 6.09 Å². The predicted molar refractivity (Wildman–Crippen MR) is 116 cm³/mol. The van der Waals surface area contributed by atoms with E-state index in [-0.39, 0.29) is 18.0 Å². The molecule has 1 heterocycles. The fourth-order valence-electron chi connectivity index (χ4n) is 3.69. The highest BCUT2D eigenvalue weighted by molar-refractivity contribution is 6.05. The van der Waals surface area contributed by atoms with E-state index in [1.165, 1.54) is 0 Å². The van der Waals surface area contributed by atoms with Gasteiger partial charge in [0, 0.05) is 11.7 Å². The number of carbonyl (C=O) groups is 2. The SMILES string of the molecule is CCOC(=O)Nc1ccc2c(c1)N(C(=O)C(C)NC(C)C)c1ccccc1CC2. The molecule has 154 valence electrons. The second kappa shape index (κ2) is 9.09. The van der Waals surface area contributed by atoms with Crippen molar-refractivity contribution in [1.29, 1.82) is 0 Å². The van der Waals surface area contributed by atoms with E-state index in [4.69, 9.17) is 4.74 Å². The lowest BCUT2D eigenvalue weighted by atomic mass is 10.0. The van der Waals surface area contributed by atoms with Gasteiger partial charge in [0.2, 0.25) is 5.91 Å². The maximum Gasteiger partial charge on any atom is 0.411 e. The first-order valence-corrected chi connectivity index (χ1v) is 10.1. The van der Waals surface area contributed by atoms with Crippen molar-refractivity contribution in [1.82, 2.24) is 5.32 Å². The lowest BCUT2D eigenvalue weighted by molar-refractivity contribution is -0.119. The summed E-state index contributed by atoms with van der Waals surface area (Å²) in [5, 5.41) is 6.05. The van der Waals surface area contributed by atoms with Crippen LogP contribution in [0.5, 0.6) is 0 Å². The molecule has 6 nitrogen and oxygen atoms in total. The van der Waals surface area contributed by atoms with Crippen LogP contribution >= 0.6 is 0 Å². The highest BCUT2D eigenvalue weighted by Gasteiger charge is 2.29. The molecule has 0 aliphatic carbocycles. The van der Waals surface area contributed by atoms with Gasteiger partial charge in [-0.2, -0.15) is 0 Å². The molecule has 2 aromatic carbocycles. The zero-order valence-corrected chi connectivity index (χ0v) is 17.5.